The normalized spacial score (nSPS) is 14.2. The fourth-order valence-electron chi connectivity index (χ4n) is 1.54. The molecule has 1 unspecified atom stereocenters. The van der Waals surface area contributed by atoms with Gasteiger partial charge in [0.05, 0.1) is 6.04 Å². The van der Waals surface area contributed by atoms with Gasteiger partial charge in [0.1, 0.15) is 11.7 Å². The number of aliphatic imine (C=N–C) groups is 2. The number of nitrogens with one attached hydrogen (secondary N) is 1. The van der Waals surface area contributed by atoms with Gasteiger partial charge in [-0.25, -0.2) is 9.97 Å². The van der Waals surface area contributed by atoms with Gasteiger partial charge < -0.3 is 11.1 Å². The van der Waals surface area contributed by atoms with Crippen molar-refractivity contribution in [2.75, 3.05) is 7.05 Å². The molecular weight excluding hydrogens is 256 g/mol. The summed E-state index contributed by atoms with van der Waals surface area (Å²) >= 11 is 0. The van der Waals surface area contributed by atoms with Gasteiger partial charge in [0.25, 0.3) is 5.91 Å². The molecule has 0 aliphatic rings. The van der Waals surface area contributed by atoms with Gasteiger partial charge in [-0.3, -0.25) is 14.8 Å². The van der Waals surface area contributed by atoms with Crippen molar-refractivity contribution in [2.45, 2.75) is 32.9 Å². The molecule has 3 N–H and O–H groups in total. The summed E-state index contributed by atoms with van der Waals surface area (Å²) in [4.78, 5) is 28.3. The second-order valence-electron chi connectivity index (χ2n) is 4.48. The fourth-order valence-corrected chi connectivity index (χ4v) is 1.54. The largest absolute Gasteiger partial charge is 0.382 e. The van der Waals surface area contributed by atoms with Gasteiger partial charge in [-0.2, -0.15) is 0 Å². The maximum atomic E-state index is 12.1. The molecule has 0 radical (unpaired) electrons. The standard InChI is InChI=1S/C13H20N6O/c1-8(2)18-11(14)10(15-4)13(20)19-9(3)12-16-6-5-7-17-12/h5-9H,1-4H3,(H2,14,18)(H,19,20)/b15-10+. The second-order valence-corrected chi connectivity index (χ2v) is 4.48. The van der Waals surface area contributed by atoms with Gasteiger partial charge in [-0.15, -0.1) is 0 Å². The molecule has 108 valence electrons. The van der Waals surface area contributed by atoms with Gasteiger partial charge in [-0.05, 0) is 26.8 Å². The number of amidine groups is 1. The molecule has 7 heteroatoms. The van der Waals surface area contributed by atoms with Crippen LogP contribution in [0.15, 0.2) is 28.4 Å². The van der Waals surface area contributed by atoms with Crippen molar-refractivity contribution in [1.29, 1.82) is 0 Å². The molecule has 0 spiro atoms. The summed E-state index contributed by atoms with van der Waals surface area (Å²) in [5, 5.41) is 2.75. The number of nitrogens with two attached hydrogens (primary N) is 1. The second kappa shape index (κ2) is 7.32. The number of hydrogen-bond donors (Lipinski definition) is 2. The third-order valence-corrected chi connectivity index (χ3v) is 2.40. The number of amides is 1. The lowest BCUT2D eigenvalue weighted by Gasteiger charge is -2.13. The first-order valence-corrected chi connectivity index (χ1v) is 6.34. The molecule has 0 fully saturated rings. The van der Waals surface area contributed by atoms with Crippen molar-refractivity contribution in [3.05, 3.63) is 24.3 Å². The third kappa shape index (κ3) is 4.42. The topological polar surface area (TPSA) is 106 Å². The summed E-state index contributed by atoms with van der Waals surface area (Å²) in [7, 11) is 1.50. The Morgan fingerprint density at radius 2 is 1.90 bits per heavy atom. The van der Waals surface area contributed by atoms with E-state index >= 15 is 0 Å². The van der Waals surface area contributed by atoms with E-state index in [0.717, 1.165) is 0 Å². The average molecular weight is 276 g/mol. The molecule has 0 aromatic carbocycles. The molecule has 0 aliphatic heterocycles. The first-order chi connectivity index (χ1) is 9.45. The molecule has 20 heavy (non-hydrogen) atoms. The molecule has 1 rings (SSSR count). The van der Waals surface area contributed by atoms with Crippen LogP contribution in [0, 0.1) is 0 Å². The summed E-state index contributed by atoms with van der Waals surface area (Å²) in [5.41, 5.74) is 5.88. The maximum absolute atomic E-state index is 12.1. The highest BCUT2D eigenvalue weighted by atomic mass is 16.2. The van der Waals surface area contributed by atoms with Crippen molar-refractivity contribution in [2.24, 2.45) is 15.7 Å². The van der Waals surface area contributed by atoms with Crippen LogP contribution in [0.1, 0.15) is 32.6 Å². The van der Waals surface area contributed by atoms with Gasteiger partial charge in [0.2, 0.25) is 0 Å². The minimum atomic E-state index is -0.394. The average Bonchev–Trinajstić information content (AvgIpc) is 2.39. The molecule has 7 nitrogen and oxygen atoms in total. The Hall–Kier alpha value is -2.31. The van der Waals surface area contributed by atoms with E-state index in [1.165, 1.54) is 7.05 Å². The van der Waals surface area contributed by atoms with E-state index in [9.17, 15) is 4.79 Å². The van der Waals surface area contributed by atoms with Crippen LogP contribution in [-0.2, 0) is 4.79 Å². The van der Waals surface area contributed by atoms with Crippen molar-refractivity contribution in [3.63, 3.8) is 0 Å². The predicted octanol–water partition coefficient (Wildman–Crippen LogP) is 0.490. The molecule has 0 saturated carbocycles. The highest BCUT2D eigenvalue weighted by Gasteiger charge is 2.19. The van der Waals surface area contributed by atoms with E-state index in [2.05, 4.69) is 25.3 Å². The van der Waals surface area contributed by atoms with E-state index in [1.807, 2.05) is 13.8 Å². The van der Waals surface area contributed by atoms with E-state index < -0.39 is 5.91 Å². The predicted molar refractivity (Wildman–Crippen MR) is 78.7 cm³/mol. The van der Waals surface area contributed by atoms with Crippen LogP contribution in [0.5, 0.6) is 0 Å². The van der Waals surface area contributed by atoms with Crippen molar-refractivity contribution in [1.82, 2.24) is 15.3 Å². The SMILES string of the molecule is C/N=C(C(=O)NC(C)c1ncccn1)\C(N)=N/C(C)C. The number of hydrogen-bond acceptors (Lipinski definition) is 5. The zero-order valence-corrected chi connectivity index (χ0v) is 12.2. The van der Waals surface area contributed by atoms with Crippen molar-refractivity contribution < 1.29 is 4.79 Å². The zero-order valence-electron chi connectivity index (χ0n) is 12.2. The highest BCUT2D eigenvalue weighted by Crippen LogP contribution is 2.04. The van der Waals surface area contributed by atoms with Crippen molar-refractivity contribution in [3.8, 4) is 0 Å². The van der Waals surface area contributed by atoms with Gasteiger partial charge in [0, 0.05) is 25.5 Å². The van der Waals surface area contributed by atoms with E-state index in [0.29, 0.717) is 5.82 Å². The Kier molecular flexibility index (Phi) is 5.76. The van der Waals surface area contributed by atoms with Crippen LogP contribution in [0.3, 0.4) is 0 Å². The smallest absolute Gasteiger partial charge is 0.273 e. The highest BCUT2D eigenvalue weighted by molar-refractivity contribution is 6.66. The molecule has 1 atom stereocenters. The number of rotatable bonds is 5. The van der Waals surface area contributed by atoms with Crippen LogP contribution in [0.25, 0.3) is 0 Å². The molecule has 0 saturated heterocycles. The minimum absolute atomic E-state index is 0.00516. The Balaban J connectivity index is 2.79. The monoisotopic (exact) mass is 276 g/mol. The number of carbonyl (C=O) groups excluding carboxylic acids is 1. The van der Waals surface area contributed by atoms with Crippen LogP contribution in [0.2, 0.25) is 0 Å². The molecule has 0 bridgehead atoms. The van der Waals surface area contributed by atoms with Gasteiger partial charge >= 0.3 is 0 Å². The quantitative estimate of drug-likeness (QED) is 0.603. The van der Waals surface area contributed by atoms with E-state index in [1.54, 1.807) is 25.4 Å². The summed E-state index contributed by atoms with van der Waals surface area (Å²) in [6.07, 6.45) is 3.24. The maximum Gasteiger partial charge on any atom is 0.273 e. The third-order valence-electron chi connectivity index (χ3n) is 2.40. The van der Waals surface area contributed by atoms with Crippen LogP contribution >= 0.6 is 0 Å². The summed E-state index contributed by atoms with van der Waals surface area (Å²) < 4.78 is 0. The number of aromatic nitrogens is 2. The molecule has 1 aromatic rings. The Morgan fingerprint density at radius 1 is 1.30 bits per heavy atom. The Labute approximate surface area is 118 Å². The van der Waals surface area contributed by atoms with Crippen LogP contribution in [-0.4, -0.2) is 40.5 Å². The molecule has 1 heterocycles. The molecular formula is C13H20N6O. The first kappa shape index (κ1) is 15.7. The number of nitrogens with zero attached hydrogens (tertiary/aromatic N) is 4. The summed E-state index contributed by atoms with van der Waals surface area (Å²) in [5.74, 6) is 0.256. The molecule has 1 aromatic heterocycles. The lowest BCUT2D eigenvalue weighted by Crippen LogP contribution is -2.41. The lowest BCUT2D eigenvalue weighted by atomic mass is 10.2. The Bertz CT molecular complexity index is 509. The summed E-state index contributed by atoms with van der Waals surface area (Å²) in [6, 6.07) is 1.37. The van der Waals surface area contributed by atoms with E-state index in [-0.39, 0.29) is 23.6 Å². The van der Waals surface area contributed by atoms with E-state index in [4.69, 9.17) is 5.73 Å². The lowest BCUT2D eigenvalue weighted by molar-refractivity contribution is -0.115. The zero-order chi connectivity index (χ0) is 15.1. The number of carbonyl (C=O) groups is 1. The fraction of sp³-hybridized carbons (Fsp3) is 0.462. The van der Waals surface area contributed by atoms with Gasteiger partial charge in [-0.1, -0.05) is 0 Å². The van der Waals surface area contributed by atoms with Crippen LogP contribution in [0.4, 0.5) is 0 Å². The van der Waals surface area contributed by atoms with Crippen LogP contribution < -0.4 is 11.1 Å². The molecule has 1 amide bonds. The first-order valence-electron chi connectivity index (χ1n) is 6.34. The molecule has 0 aliphatic carbocycles. The Morgan fingerprint density at radius 3 is 2.40 bits per heavy atom. The summed E-state index contributed by atoms with van der Waals surface area (Å²) in [6.45, 7) is 5.53. The minimum Gasteiger partial charge on any atom is -0.382 e. The van der Waals surface area contributed by atoms with Gasteiger partial charge in [0.15, 0.2) is 5.71 Å². The van der Waals surface area contributed by atoms with Crippen molar-refractivity contribution >= 4 is 17.5 Å².